The molecule has 1 heterocycles. The molecule has 6 nitrogen and oxygen atoms in total. The zero-order chi connectivity index (χ0) is 17.7. The highest BCUT2D eigenvalue weighted by Gasteiger charge is 2.45. The molecule has 2 rings (SSSR count). The van der Waals surface area contributed by atoms with E-state index < -0.39 is 22.9 Å². The van der Waals surface area contributed by atoms with Crippen molar-refractivity contribution >= 4 is 23.6 Å². The van der Waals surface area contributed by atoms with Crippen LogP contribution in [0.3, 0.4) is 0 Å². The fourth-order valence-corrected chi connectivity index (χ4v) is 3.02. The van der Waals surface area contributed by atoms with Gasteiger partial charge in [0.15, 0.2) is 4.87 Å². The summed E-state index contributed by atoms with van der Waals surface area (Å²) in [5.41, 5.74) is 2.07. The van der Waals surface area contributed by atoms with E-state index in [1.54, 1.807) is 6.26 Å². The van der Waals surface area contributed by atoms with Crippen LogP contribution in [0.2, 0.25) is 0 Å². The van der Waals surface area contributed by atoms with Gasteiger partial charge in [0, 0.05) is 6.42 Å². The number of allylic oxidation sites excluding steroid dienone is 1. The van der Waals surface area contributed by atoms with Crippen molar-refractivity contribution < 1.29 is 19.4 Å². The smallest absolute Gasteiger partial charge is 0.271 e. The van der Waals surface area contributed by atoms with Crippen LogP contribution < -0.4 is 15.4 Å². The highest BCUT2D eigenvalue weighted by atomic mass is 32.2. The van der Waals surface area contributed by atoms with Gasteiger partial charge in [0.25, 0.3) is 11.8 Å². The van der Waals surface area contributed by atoms with E-state index in [1.807, 2.05) is 44.2 Å². The predicted molar refractivity (Wildman–Crippen MR) is 93.6 cm³/mol. The standard InChI is InChI=1S/C17H22N2O4S/c1-11(2)8-9-23-13-6-4-12(5-7-13)10-17(24-3)16(22)18-14(20)15(21)19-17/h4-8,14,20H,9-10H2,1-3H3,(H,18,22)(H,19,21). The normalized spacial score (nSPS) is 23.2. The van der Waals surface area contributed by atoms with Crippen LogP contribution in [-0.2, 0) is 16.0 Å². The van der Waals surface area contributed by atoms with E-state index in [0.29, 0.717) is 13.0 Å². The zero-order valence-electron chi connectivity index (χ0n) is 14.0. The molecular weight excluding hydrogens is 328 g/mol. The molecule has 130 valence electrons. The summed E-state index contributed by atoms with van der Waals surface area (Å²) >= 11 is 1.23. The summed E-state index contributed by atoms with van der Waals surface area (Å²) in [5, 5.41) is 14.3. The number of rotatable bonds is 6. The third-order valence-electron chi connectivity index (χ3n) is 3.67. The first-order valence-corrected chi connectivity index (χ1v) is 8.80. The van der Waals surface area contributed by atoms with E-state index in [-0.39, 0.29) is 0 Å². The molecule has 7 heteroatoms. The van der Waals surface area contributed by atoms with Gasteiger partial charge in [-0.1, -0.05) is 17.7 Å². The SMILES string of the molecule is CSC1(Cc2ccc(OCC=C(C)C)cc2)NC(=O)C(O)NC1=O. The number of piperazine rings is 1. The number of carbonyl (C=O) groups excluding carboxylic acids is 2. The van der Waals surface area contributed by atoms with Crippen molar-refractivity contribution in [3.8, 4) is 5.75 Å². The maximum atomic E-state index is 12.2. The Hall–Kier alpha value is -1.99. The van der Waals surface area contributed by atoms with Gasteiger partial charge in [-0.25, -0.2) is 0 Å². The van der Waals surface area contributed by atoms with Crippen LogP contribution in [0, 0.1) is 0 Å². The Morgan fingerprint density at radius 2 is 2.00 bits per heavy atom. The van der Waals surface area contributed by atoms with Crippen LogP contribution in [0.15, 0.2) is 35.9 Å². The van der Waals surface area contributed by atoms with E-state index in [2.05, 4.69) is 10.6 Å². The molecule has 1 saturated heterocycles. The molecule has 1 aromatic rings. The van der Waals surface area contributed by atoms with E-state index in [1.165, 1.54) is 17.3 Å². The second kappa shape index (κ2) is 7.72. The lowest BCUT2D eigenvalue weighted by Crippen LogP contribution is -2.68. The van der Waals surface area contributed by atoms with Gasteiger partial charge in [-0.15, -0.1) is 11.8 Å². The van der Waals surface area contributed by atoms with Gasteiger partial charge in [0.05, 0.1) is 0 Å². The summed E-state index contributed by atoms with van der Waals surface area (Å²) in [6.45, 7) is 4.52. The van der Waals surface area contributed by atoms with E-state index in [0.717, 1.165) is 11.3 Å². The molecule has 0 spiro atoms. The number of ether oxygens (including phenoxy) is 1. The summed E-state index contributed by atoms with van der Waals surface area (Å²) in [6.07, 6.45) is 2.55. The fraction of sp³-hybridized carbons (Fsp3) is 0.412. The first-order chi connectivity index (χ1) is 11.4. The summed E-state index contributed by atoms with van der Waals surface area (Å²) in [6, 6.07) is 7.39. The minimum atomic E-state index is -1.50. The highest BCUT2D eigenvalue weighted by molar-refractivity contribution is 8.00. The molecule has 0 aliphatic carbocycles. The zero-order valence-corrected chi connectivity index (χ0v) is 14.8. The van der Waals surface area contributed by atoms with Gasteiger partial charge < -0.3 is 20.5 Å². The number of nitrogens with one attached hydrogen (secondary N) is 2. The first kappa shape index (κ1) is 18.4. The third-order valence-corrected chi connectivity index (χ3v) is 4.80. The third kappa shape index (κ3) is 4.30. The number of benzene rings is 1. The molecule has 1 fully saturated rings. The first-order valence-electron chi connectivity index (χ1n) is 7.57. The lowest BCUT2D eigenvalue weighted by atomic mass is 10.0. The maximum Gasteiger partial charge on any atom is 0.271 e. The number of carbonyl (C=O) groups is 2. The minimum Gasteiger partial charge on any atom is -0.490 e. The average Bonchev–Trinajstić information content (AvgIpc) is 2.54. The Morgan fingerprint density at radius 1 is 1.33 bits per heavy atom. The van der Waals surface area contributed by atoms with Gasteiger partial charge in [-0.05, 0) is 43.9 Å². The Labute approximate surface area is 145 Å². The molecule has 0 bridgehead atoms. The van der Waals surface area contributed by atoms with Gasteiger partial charge >= 0.3 is 0 Å². The Bertz CT molecular complexity index is 640. The van der Waals surface area contributed by atoms with Gasteiger partial charge in [-0.3, -0.25) is 9.59 Å². The number of aliphatic hydroxyl groups excluding tert-OH is 1. The number of thioether (sulfide) groups is 1. The molecule has 0 aromatic heterocycles. The lowest BCUT2D eigenvalue weighted by Gasteiger charge is -2.37. The minimum absolute atomic E-state index is 0.312. The van der Waals surface area contributed by atoms with Gasteiger partial charge in [0.1, 0.15) is 12.4 Å². The number of hydrogen-bond donors (Lipinski definition) is 3. The van der Waals surface area contributed by atoms with E-state index in [4.69, 9.17) is 4.74 Å². The summed E-state index contributed by atoms with van der Waals surface area (Å²) in [5.74, 6) is -0.279. The number of hydrogen-bond acceptors (Lipinski definition) is 5. The fourth-order valence-electron chi connectivity index (χ4n) is 2.27. The predicted octanol–water partition coefficient (Wildman–Crippen LogP) is 1.20. The second-order valence-electron chi connectivity index (χ2n) is 5.81. The second-order valence-corrected chi connectivity index (χ2v) is 6.91. The van der Waals surface area contributed by atoms with E-state index in [9.17, 15) is 14.7 Å². The van der Waals surface area contributed by atoms with Crippen LogP contribution in [0.5, 0.6) is 5.75 Å². The van der Waals surface area contributed by atoms with Crippen LogP contribution in [-0.4, -0.2) is 40.9 Å². The van der Waals surface area contributed by atoms with Crippen molar-refractivity contribution in [2.75, 3.05) is 12.9 Å². The highest BCUT2D eigenvalue weighted by Crippen LogP contribution is 2.28. The molecule has 24 heavy (non-hydrogen) atoms. The van der Waals surface area contributed by atoms with Gasteiger partial charge in [0.2, 0.25) is 6.23 Å². The quantitative estimate of drug-likeness (QED) is 0.671. The average molecular weight is 350 g/mol. The lowest BCUT2D eigenvalue weighted by molar-refractivity contribution is -0.146. The van der Waals surface area contributed by atoms with Crippen molar-refractivity contribution in [1.82, 2.24) is 10.6 Å². The summed E-state index contributed by atoms with van der Waals surface area (Å²) < 4.78 is 5.60. The maximum absolute atomic E-state index is 12.2. The molecule has 0 radical (unpaired) electrons. The topological polar surface area (TPSA) is 87.7 Å². The molecule has 2 amide bonds. The molecule has 1 aromatic carbocycles. The molecule has 2 atom stereocenters. The molecule has 2 unspecified atom stereocenters. The molecular formula is C17H22N2O4S. The van der Waals surface area contributed by atoms with Crippen LogP contribution in [0.25, 0.3) is 0 Å². The Balaban J connectivity index is 2.07. The number of aliphatic hydroxyl groups is 1. The van der Waals surface area contributed by atoms with Crippen molar-refractivity contribution in [1.29, 1.82) is 0 Å². The van der Waals surface area contributed by atoms with Crippen LogP contribution in [0.1, 0.15) is 19.4 Å². The molecule has 3 N–H and O–H groups in total. The van der Waals surface area contributed by atoms with E-state index >= 15 is 0 Å². The van der Waals surface area contributed by atoms with Crippen molar-refractivity contribution in [3.05, 3.63) is 41.5 Å². The Morgan fingerprint density at radius 3 is 2.58 bits per heavy atom. The van der Waals surface area contributed by atoms with Crippen molar-refractivity contribution in [2.24, 2.45) is 0 Å². The molecule has 1 aliphatic heterocycles. The largest absolute Gasteiger partial charge is 0.490 e. The molecule has 0 saturated carbocycles. The van der Waals surface area contributed by atoms with Crippen LogP contribution >= 0.6 is 11.8 Å². The van der Waals surface area contributed by atoms with Crippen molar-refractivity contribution in [2.45, 2.75) is 31.4 Å². The summed E-state index contributed by atoms with van der Waals surface area (Å²) in [7, 11) is 0. The van der Waals surface area contributed by atoms with Crippen molar-refractivity contribution in [3.63, 3.8) is 0 Å². The van der Waals surface area contributed by atoms with Crippen LogP contribution in [0.4, 0.5) is 0 Å². The molecule has 1 aliphatic rings. The Kier molecular flexibility index (Phi) is 5.90. The monoisotopic (exact) mass is 350 g/mol. The van der Waals surface area contributed by atoms with Gasteiger partial charge in [-0.2, -0.15) is 0 Å². The summed E-state index contributed by atoms with van der Waals surface area (Å²) in [4.78, 5) is 22.8. The number of amides is 2.